The fourth-order valence-electron chi connectivity index (χ4n) is 0.164. The van der Waals surface area contributed by atoms with Crippen molar-refractivity contribution in [2.45, 2.75) is 18.8 Å². The van der Waals surface area contributed by atoms with E-state index in [1.54, 1.807) is 0 Å². The monoisotopic (exact) mass is 129 g/mol. The van der Waals surface area contributed by atoms with E-state index in [2.05, 4.69) is 6.92 Å². The molecular weight excluding hydrogens is 124 g/mol. The van der Waals surface area contributed by atoms with Gasteiger partial charge >= 0.3 is 6.18 Å². The van der Waals surface area contributed by atoms with Crippen LogP contribution in [0.15, 0.2) is 0 Å². The van der Waals surface area contributed by atoms with E-state index in [9.17, 15) is 17.6 Å². The Bertz CT molecular complexity index is 64.9. The SMILES string of the molecule is [CH2]CC(F)C(F)(F)F. The van der Waals surface area contributed by atoms with Gasteiger partial charge in [-0.3, -0.25) is 0 Å². The fourth-order valence-corrected chi connectivity index (χ4v) is 0.164. The van der Waals surface area contributed by atoms with Gasteiger partial charge in [0.2, 0.25) is 0 Å². The molecule has 0 rings (SSSR count). The van der Waals surface area contributed by atoms with E-state index in [4.69, 9.17) is 0 Å². The Labute approximate surface area is 44.5 Å². The minimum atomic E-state index is -4.72. The average molecular weight is 129 g/mol. The zero-order valence-electron chi connectivity index (χ0n) is 4.00. The first-order chi connectivity index (χ1) is 3.48. The minimum absolute atomic E-state index is 0.747. The third-order valence-corrected chi connectivity index (χ3v) is 0.609. The molecule has 49 valence electrons. The van der Waals surface area contributed by atoms with Crippen molar-refractivity contribution in [1.82, 2.24) is 0 Å². The van der Waals surface area contributed by atoms with Crippen molar-refractivity contribution >= 4 is 0 Å². The summed E-state index contributed by atoms with van der Waals surface area (Å²) in [5, 5.41) is 0. The standard InChI is InChI=1S/C4H5F4/c1-2-3(5)4(6,7)8/h3H,1-2H2. The Morgan fingerprint density at radius 3 is 1.75 bits per heavy atom. The van der Waals surface area contributed by atoms with E-state index in [1.807, 2.05) is 0 Å². The maximum atomic E-state index is 11.5. The van der Waals surface area contributed by atoms with Gasteiger partial charge in [-0.25, -0.2) is 4.39 Å². The number of alkyl halides is 4. The van der Waals surface area contributed by atoms with Crippen LogP contribution in [0.4, 0.5) is 17.6 Å². The van der Waals surface area contributed by atoms with E-state index in [0.717, 1.165) is 0 Å². The molecular formula is C4H5F4. The highest BCUT2D eigenvalue weighted by molar-refractivity contribution is 4.65. The van der Waals surface area contributed by atoms with Crippen LogP contribution in [0.5, 0.6) is 0 Å². The number of hydrogen-bond donors (Lipinski definition) is 0. The molecule has 1 atom stereocenters. The van der Waals surface area contributed by atoms with Crippen LogP contribution in [-0.2, 0) is 0 Å². The lowest BCUT2D eigenvalue weighted by Crippen LogP contribution is -2.22. The first-order valence-corrected chi connectivity index (χ1v) is 1.98. The molecule has 0 aromatic rings. The lowest BCUT2D eigenvalue weighted by atomic mass is 10.3. The normalized spacial score (nSPS) is 16.1. The number of halogens is 4. The Morgan fingerprint density at radius 2 is 1.75 bits per heavy atom. The van der Waals surface area contributed by atoms with Crippen molar-refractivity contribution in [3.63, 3.8) is 0 Å². The fraction of sp³-hybridized carbons (Fsp3) is 0.750. The molecule has 1 unspecified atom stereocenters. The van der Waals surface area contributed by atoms with Crippen LogP contribution >= 0.6 is 0 Å². The molecule has 1 radical (unpaired) electrons. The van der Waals surface area contributed by atoms with E-state index in [0.29, 0.717) is 0 Å². The molecule has 0 fully saturated rings. The van der Waals surface area contributed by atoms with Gasteiger partial charge in [0.25, 0.3) is 0 Å². The topological polar surface area (TPSA) is 0 Å². The molecule has 0 aromatic carbocycles. The summed E-state index contributed by atoms with van der Waals surface area (Å²) in [5.41, 5.74) is 0. The predicted octanol–water partition coefficient (Wildman–Crippen LogP) is 2.11. The van der Waals surface area contributed by atoms with Crippen LogP contribution in [0.1, 0.15) is 6.42 Å². The minimum Gasteiger partial charge on any atom is -0.237 e. The lowest BCUT2D eigenvalue weighted by Gasteiger charge is -2.07. The molecule has 0 amide bonds. The summed E-state index contributed by atoms with van der Waals surface area (Å²) < 4.78 is 44.6. The molecule has 0 bridgehead atoms. The molecule has 0 aliphatic heterocycles. The summed E-state index contributed by atoms with van der Waals surface area (Å²) in [6.07, 6.45) is -8.23. The third-order valence-electron chi connectivity index (χ3n) is 0.609. The third kappa shape index (κ3) is 2.14. The average Bonchev–Trinajstić information content (AvgIpc) is 1.62. The first kappa shape index (κ1) is 7.72. The van der Waals surface area contributed by atoms with Crippen molar-refractivity contribution in [3.05, 3.63) is 6.92 Å². The second kappa shape index (κ2) is 2.33. The Kier molecular flexibility index (Phi) is 2.25. The quantitative estimate of drug-likeness (QED) is 0.475. The summed E-state index contributed by atoms with van der Waals surface area (Å²) in [6.45, 7) is 2.76. The zero-order valence-corrected chi connectivity index (χ0v) is 4.00. The van der Waals surface area contributed by atoms with Crippen LogP contribution < -0.4 is 0 Å². The van der Waals surface area contributed by atoms with Gasteiger partial charge in [-0.05, 0) is 6.42 Å². The molecule has 0 saturated carbocycles. The largest absolute Gasteiger partial charge is 0.419 e. The van der Waals surface area contributed by atoms with Crippen LogP contribution in [0.2, 0.25) is 0 Å². The van der Waals surface area contributed by atoms with Crippen molar-refractivity contribution < 1.29 is 17.6 Å². The highest BCUT2D eigenvalue weighted by Crippen LogP contribution is 2.24. The number of hydrogen-bond acceptors (Lipinski definition) is 0. The highest BCUT2D eigenvalue weighted by atomic mass is 19.4. The summed E-state index contributed by atoms with van der Waals surface area (Å²) >= 11 is 0. The lowest BCUT2D eigenvalue weighted by molar-refractivity contribution is -0.179. The molecule has 0 nitrogen and oxygen atoms in total. The Morgan fingerprint density at radius 1 is 1.38 bits per heavy atom. The Balaban J connectivity index is 3.62. The van der Waals surface area contributed by atoms with Gasteiger partial charge in [-0.15, -0.1) is 0 Å². The van der Waals surface area contributed by atoms with Gasteiger partial charge in [0, 0.05) is 0 Å². The molecule has 0 spiro atoms. The van der Waals surface area contributed by atoms with Gasteiger partial charge < -0.3 is 0 Å². The van der Waals surface area contributed by atoms with E-state index in [1.165, 1.54) is 0 Å². The molecule has 8 heavy (non-hydrogen) atoms. The second-order valence-corrected chi connectivity index (χ2v) is 1.30. The van der Waals surface area contributed by atoms with Crippen LogP contribution in [0.25, 0.3) is 0 Å². The summed E-state index contributed by atoms with van der Waals surface area (Å²) in [5.74, 6) is 0. The molecule has 0 N–H and O–H groups in total. The Hall–Kier alpha value is -0.280. The molecule has 0 aromatic heterocycles. The van der Waals surface area contributed by atoms with Crippen LogP contribution in [0.3, 0.4) is 0 Å². The van der Waals surface area contributed by atoms with Crippen LogP contribution in [-0.4, -0.2) is 12.3 Å². The van der Waals surface area contributed by atoms with E-state index < -0.39 is 18.8 Å². The molecule has 0 aliphatic carbocycles. The van der Waals surface area contributed by atoms with Crippen molar-refractivity contribution in [2.75, 3.05) is 0 Å². The van der Waals surface area contributed by atoms with Crippen LogP contribution in [0, 0.1) is 6.92 Å². The maximum absolute atomic E-state index is 11.5. The summed E-state index contributed by atoms with van der Waals surface area (Å²) in [7, 11) is 0. The van der Waals surface area contributed by atoms with E-state index in [-0.39, 0.29) is 0 Å². The van der Waals surface area contributed by atoms with Gasteiger partial charge in [-0.1, -0.05) is 6.92 Å². The summed E-state index contributed by atoms with van der Waals surface area (Å²) in [4.78, 5) is 0. The van der Waals surface area contributed by atoms with Gasteiger partial charge in [0.05, 0.1) is 0 Å². The highest BCUT2D eigenvalue weighted by Gasteiger charge is 2.38. The second-order valence-electron chi connectivity index (χ2n) is 1.30. The smallest absolute Gasteiger partial charge is 0.237 e. The summed E-state index contributed by atoms with van der Waals surface area (Å²) in [6, 6.07) is 0. The van der Waals surface area contributed by atoms with E-state index >= 15 is 0 Å². The molecule has 4 heteroatoms. The van der Waals surface area contributed by atoms with Gasteiger partial charge in [0.15, 0.2) is 6.17 Å². The van der Waals surface area contributed by atoms with Crippen molar-refractivity contribution in [3.8, 4) is 0 Å². The molecule has 0 heterocycles. The van der Waals surface area contributed by atoms with Gasteiger partial charge in [-0.2, -0.15) is 13.2 Å². The number of rotatable bonds is 1. The van der Waals surface area contributed by atoms with Gasteiger partial charge in [0.1, 0.15) is 0 Å². The van der Waals surface area contributed by atoms with Crippen molar-refractivity contribution in [2.24, 2.45) is 0 Å². The maximum Gasteiger partial charge on any atom is 0.419 e. The first-order valence-electron chi connectivity index (χ1n) is 1.98. The zero-order chi connectivity index (χ0) is 6.78. The molecule has 0 saturated heterocycles. The molecule has 0 aliphatic rings. The predicted molar refractivity (Wildman–Crippen MR) is 20.9 cm³/mol. The van der Waals surface area contributed by atoms with Crippen molar-refractivity contribution in [1.29, 1.82) is 0 Å².